The van der Waals surface area contributed by atoms with E-state index in [-0.39, 0.29) is 6.61 Å². The smallest absolute Gasteiger partial charge is 0.0558 e. The van der Waals surface area contributed by atoms with Crippen molar-refractivity contribution in [2.45, 2.75) is 39.3 Å². The van der Waals surface area contributed by atoms with Gasteiger partial charge in [-0.25, -0.2) is 0 Å². The van der Waals surface area contributed by atoms with Gasteiger partial charge in [0.15, 0.2) is 0 Å². The average Bonchev–Trinajstić information content (AvgIpc) is 2.30. The van der Waals surface area contributed by atoms with Gasteiger partial charge >= 0.3 is 0 Å². The summed E-state index contributed by atoms with van der Waals surface area (Å²) in [5.41, 5.74) is 1.34. The van der Waals surface area contributed by atoms with Crippen LogP contribution in [0.5, 0.6) is 0 Å². The van der Waals surface area contributed by atoms with E-state index in [1.807, 2.05) is 6.07 Å². The predicted octanol–water partition coefficient (Wildman–Crippen LogP) is 2.84. The van der Waals surface area contributed by atoms with Crippen molar-refractivity contribution >= 4 is 0 Å². The Balaban J connectivity index is 2.86. The highest BCUT2D eigenvalue weighted by molar-refractivity contribution is 5.19. The lowest BCUT2D eigenvalue weighted by Crippen LogP contribution is -2.36. The highest BCUT2D eigenvalue weighted by atomic mass is 16.3. The molecular formula is C14H23NO. The minimum absolute atomic E-state index is 0.224. The topological polar surface area (TPSA) is 23.5 Å². The molecule has 0 amide bonds. The Morgan fingerprint density at radius 1 is 1.19 bits per heavy atom. The Hall–Kier alpha value is -0.860. The summed E-state index contributed by atoms with van der Waals surface area (Å²) in [5.74, 6) is 0. The van der Waals surface area contributed by atoms with Crippen molar-refractivity contribution in [2.24, 2.45) is 0 Å². The second-order valence-corrected chi connectivity index (χ2v) is 4.39. The van der Waals surface area contributed by atoms with Crippen LogP contribution in [0.3, 0.4) is 0 Å². The molecule has 1 atom stereocenters. The van der Waals surface area contributed by atoms with Gasteiger partial charge in [0.1, 0.15) is 0 Å². The summed E-state index contributed by atoms with van der Waals surface area (Å²) in [6, 6.07) is 11.4. The summed E-state index contributed by atoms with van der Waals surface area (Å²) < 4.78 is 0. The fraction of sp³-hybridized carbons (Fsp3) is 0.571. The summed E-state index contributed by atoms with van der Waals surface area (Å²) in [4.78, 5) is 2.36. The summed E-state index contributed by atoms with van der Waals surface area (Å²) in [6.45, 7) is 7.53. The van der Waals surface area contributed by atoms with Crippen molar-refractivity contribution in [1.29, 1.82) is 0 Å². The largest absolute Gasteiger partial charge is 0.395 e. The van der Waals surface area contributed by atoms with Crippen molar-refractivity contribution < 1.29 is 5.11 Å². The van der Waals surface area contributed by atoms with Crippen LogP contribution >= 0.6 is 0 Å². The number of benzene rings is 1. The number of hydrogen-bond acceptors (Lipinski definition) is 2. The predicted molar refractivity (Wildman–Crippen MR) is 68.4 cm³/mol. The van der Waals surface area contributed by atoms with E-state index in [1.165, 1.54) is 5.56 Å². The third-order valence-corrected chi connectivity index (χ3v) is 2.99. The van der Waals surface area contributed by atoms with Gasteiger partial charge in [0.05, 0.1) is 6.61 Å². The first-order valence-corrected chi connectivity index (χ1v) is 6.12. The molecule has 0 aliphatic heterocycles. The maximum Gasteiger partial charge on any atom is 0.0558 e. The second-order valence-electron chi connectivity index (χ2n) is 4.39. The lowest BCUT2D eigenvalue weighted by molar-refractivity contribution is 0.115. The normalized spacial score (nSPS) is 13.4. The SMILES string of the molecule is CCC(c1ccccc1)N(CCO)C(C)C. The third-order valence-electron chi connectivity index (χ3n) is 2.99. The standard InChI is InChI=1S/C14H23NO/c1-4-14(13-8-6-5-7-9-13)15(10-11-16)12(2)3/h5-9,12,14,16H,4,10-11H2,1-3H3. The molecule has 0 aliphatic rings. The quantitative estimate of drug-likeness (QED) is 0.798. The minimum atomic E-state index is 0.224. The van der Waals surface area contributed by atoms with Crippen LogP contribution in [-0.2, 0) is 0 Å². The van der Waals surface area contributed by atoms with Gasteiger partial charge in [-0.05, 0) is 25.8 Å². The fourth-order valence-electron chi connectivity index (χ4n) is 2.23. The van der Waals surface area contributed by atoms with Crippen LogP contribution < -0.4 is 0 Å². The number of hydrogen-bond donors (Lipinski definition) is 1. The first kappa shape index (κ1) is 13.2. The molecule has 2 nitrogen and oxygen atoms in total. The molecule has 0 aromatic heterocycles. The molecule has 2 heteroatoms. The van der Waals surface area contributed by atoms with Crippen LogP contribution in [0.15, 0.2) is 30.3 Å². The van der Waals surface area contributed by atoms with E-state index in [4.69, 9.17) is 5.11 Å². The zero-order valence-electron chi connectivity index (χ0n) is 10.6. The second kappa shape index (κ2) is 6.66. The molecule has 0 aliphatic carbocycles. The molecule has 0 saturated heterocycles. The van der Waals surface area contributed by atoms with E-state index in [0.29, 0.717) is 12.1 Å². The first-order chi connectivity index (χ1) is 7.70. The Morgan fingerprint density at radius 3 is 2.25 bits per heavy atom. The van der Waals surface area contributed by atoms with Crippen LogP contribution in [0.1, 0.15) is 38.8 Å². The van der Waals surface area contributed by atoms with Gasteiger partial charge in [-0.1, -0.05) is 37.3 Å². The fourth-order valence-corrected chi connectivity index (χ4v) is 2.23. The van der Waals surface area contributed by atoms with E-state index in [0.717, 1.165) is 13.0 Å². The van der Waals surface area contributed by atoms with Gasteiger partial charge in [0.2, 0.25) is 0 Å². The number of aliphatic hydroxyl groups is 1. The van der Waals surface area contributed by atoms with E-state index >= 15 is 0 Å². The van der Waals surface area contributed by atoms with Crippen molar-refractivity contribution in [3.8, 4) is 0 Å². The van der Waals surface area contributed by atoms with E-state index < -0.39 is 0 Å². The first-order valence-electron chi connectivity index (χ1n) is 6.12. The Morgan fingerprint density at radius 2 is 1.81 bits per heavy atom. The molecule has 16 heavy (non-hydrogen) atoms. The number of nitrogens with zero attached hydrogens (tertiary/aromatic N) is 1. The lowest BCUT2D eigenvalue weighted by Gasteiger charge is -2.34. The van der Waals surface area contributed by atoms with Crippen molar-refractivity contribution in [3.63, 3.8) is 0 Å². The maximum atomic E-state index is 9.14. The molecule has 0 heterocycles. The zero-order chi connectivity index (χ0) is 12.0. The van der Waals surface area contributed by atoms with Crippen molar-refractivity contribution in [2.75, 3.05) is 13.2 Å². The van der Waals surface area contributed by atoms with Gasteiger partial charge in [0.25, 0.3) is 0 Å². The van der Waals surface area contributed by atoms with Gasteiger partial charge < -0.3 is 5.11 Å². The Bertz CT molecular complexity index is 284. The molecule has 0 radical (unpaired) electrons. The van der Waals surface area contributed by atoms with Crippen molar-refractivity contribution in [3.05, 3.63) is 35.9 Å². The average molecular weight is 221 g/mol. The summed E-state index contributed by atoms with van der Waals surface area (Å²) in [6.07, 6.45) is 1.07. The molecule has 90 valence electrons. The molecule has 0 saturated carbocycles. The van der Waals surface area contributed by atoms with Gasteiger partial charge in [-0.2, -0.15) is 0 Å². The summed E-state index contributed by atoms with van der Waals surface area (Å²) in [5, 5.41) is 9.14. The molecule has 1 N–H and O–H groups in total. The molecular weight excluding hydrogens is 198 g/mol. The Kier molecular flexibility index (Phi) is 5.50. The van der Waals surface area contributed by atoms with Crippen molar-refractivity contribution in [1.82, 2.24) is 4.90 Å². The van der Waals surface area contributed by atoms with Crippen LogP contribution in [0.25, 0.3) is 0 Å². The summed E-state index contributed by atoms with van der Waals surface area (Å²) >= 11 is 0. The summed E-state index contributed by atoms with van der Waals surface area (Å²) in [7, 11) is 0. The molecule has 1 rings (SSSR count). The molecule has 0 bridgehead atoms. The molecule has 1 unspecified atom stereocenters. The monoisotopic (exact) mass is 221 g/mol. The van der Waals surface area contributed by atoms with Crippen LogP contribution in [-0.4, -0.2) is 29.2 Å². The van der Waals surface area contributed by atoms with Gasteiger partial charge in [-0.15, -0.1) is 0 Å². The molecule has 0 spiro atoms. The molecule has 1 aromatic rings. The van der Waals surface area contributed by atoms with E-state index in [1.54, 1.807) is 0 Å². The number of aliphatic hydroxyl groups excluding tert-OH is 1. The lowest BCUT2D eigenvalue weighted by atomic mass is 10.0. The van der Waals surface area contributed by atoms with E-state index in [9.17, 15) is 0 Å². The number of rotatable bonds is 6. The van der Waals surface area contributed by atoms with Gasteiger partial charge in [0, 0.05) is 18.6 Å². The van der Waals surface area contributed by atoms with Crippen LogP contribution in [0, 0.1) is 0 Å². The molecule has 0 fully saturated rings. The zero-order valence-corrected chi connectivity index (χ0v) is 10.6. The maximum absolute atomic E-state index is 9.14. The minimum Gasteiger partial charge on any atom is -0.395 e. The molecule has 1 aromatic carbocycles. The van der Waals surface area contributed by atoms with E-state index in [2.05, 4.69) is 49.9 Å². The highest BCUT2D eigenvalue weighted by Gasteiger charge is 2.20. The third kappa shape index (κ3) is 3.32. The van der Waals surface area contributed by atoms with Crippen LogP contribution in [0.4, 0.5) is 0 Å². The van der Waals surface area contributed by atoms with Gasteiger partial charge in [-0.3, -0.25) is 4.90 Å². The Labute approximate surface area is 98.9 Å². The van der Waals surface area contributed by atoms with Crippen LogP contribution in [0.2, 0.25) is 0 Å². The highest BCUT2D eigenvalue weighted by Crippen LogP contribution is 2.25.